The molecule has 0 amide bonds. The van der Waals surface area contributed by atoms with Crippen molar-refractivity contribution in [3.63, 3.8) is 0 Å². The van der Waals surface area contributed by atoms with E-state index in [4.69, 9.17) is 4.74 Å². The predicted octanol–water partition coefficient (Wildman–Crippen LogP) is 3.21. The van der Waals surface area contributed by atoms with Gasteiger partial charge in [0.2, 0.25) is 0 Å². The molecule has 0 saturated heterocycles. The van der Waals surface area contributed by atoms with Gasteiger partial charge in [-0.2, -0.15) is 0 Å². The van der Waals surface area contributed by atoms with Crippen molar-refractivity contribution in [2.45, 2.75) is 13.3 Å². The molecule has 0 atom stereocenters. The van der Waals surface area contributed by atoms with Crippen LogP contribution in [0.3, 0.4) is 0 Å². The van der Waals surface area contributed by atoms with Crippen LogP contribution >= 0.6 is 11.3 Å². The minimum absolute atomic E-state index is 0.266. The van der Waals surface area contributed by atoms with Crippen LogP contribution < -0.4 is 0 Å². The minimum atomic E-state index is -0.494. The summed E-state index contributed by atoms with van der Waals surface area (Å²) in [5.74, 6) is -0.494. The number of esters is 1. The molecule has 0 N–H and O–H groups in total. The number of benzene rings is 1. The number of aryl methyl sites for hydroxylation is 1. The Labute approximate surface area is 137 Å². The van der Waals surface area contributed by atoms with Gasteiger partial charge >= 0.3 is 5.97 Å². The number of fused-ring (bicyclic) bond motifs is 1. The van der Waals surface area contributed by atoms with Gasteiger partial charge in [0, 0.05) is 13.5 Å². The number of hydrogen-bond acceptors (Lipinski definition) is 5. The highest BCUT2D eigenvalue weighted by Crippen LogP contribution is 2.31. The maximum absolute atomic E-state index is 12.1. The molecule has 5 nitrogen and oxygen atoms in total. The van der Waals surface area contributed by atoms with Crippen molar-refractivity contribution in [2.75, 3.05) is 6.61 Å². The quantitative estimate of drug-likeness (QED) is 0.533. The van der Waals surface area contributed by atoms with Crippen LogP contribution in [0.25, 0.3) is 10.3 Å². The van der Waals surface area contributed by atoms with Crippen LogP contribution in [0.5, 0.6) is 0 Å². The molecular weight excluding hydrogens is 312 g/mol. The van der Waals surface area contributed by atoms with E-state index < -0.39 is 5.97 Å². The zero-order valence-electron chi connectivity index (χ0n) is 12.9. The molecule has 0 aliphatic heterocycles. The van der Waals surface area contributed by atoms with Crippen LogP contribution in [0.4, 0.5) is 0 Å². The Balaban J connectivity index is 2.04. The summed E-state index contributed by atoms with van der Waals surface area (Å²) in [6, 6.07) is 10.0. The van der Waals surface area contributed by atoms with Crippen molar-refractivity contribution in [1.82, 2.24) is 9.55 Å². The zero-order chi connectivity index (χ0) is 16.4. The van der Waals surface area contributed by atoms with Gasteiger partial charge in [-0.3, -0.25) is 4.79 Å². The molecule has 1 aromatic carbocycles. The van der Waals surface area contributed by atoms with Crippen molar-refractivity contribution in [2.24, 2.45) is 7.05 Å². The normalized spacial score (nSPS) is 10.9. The highest BCUT2D eigenvalue weighted by atomic mass is 32.1. The molecule has 2 heterocycles. The molecule has 0 fully saturated rings. The third-order valence-electron chi connectivity index (χ3n) is 3.59. The number of aromatic nitrogens is 2. The topological polar surface area (TPSA) is 61.2 Å². The summed E-state index contributed by atoms with van der Waals surface area (Å²) in [5, 5.41) is 0.912. The lowest BCUT2D eigenvalue weighted by atomic mass is 10.2. The fourth-order valence-electron chi connectivity index (χ4n) is 2.55. The van der Waals surface area contributed by atoms with E-state index in [2.05, 4.69) is 4.98 Å². The SMILES string of the molecule is CCOC(=O)c1c(C=O)c2sc(Cc3ccccc3)nc2n1C. The van der Waals surface area contributed by atoms with E-state index >= 15 is 0 Å². The maximum atomic E-state index is 12.1. The van der Waals surface area contributed by atoms with Crippen LogP contribution in [-0.4, -0.2) is 28.4 Å². The largest absolute Gasteiger partial charge is 0.461 e. The van der Waals surface area contributed by atoms with Crippen LogP contribution in [0.15, 0.2) is 30.3 Å². The standard InChI is InChI=1S/C17H16N2O3S/c1-3-22-17(21)14-12(10-20)15-16(19(14)2)18-13(23-15)9-11-7-5-4-6-8-11/h4-8,10H,3,9H2,1-2H3. The van der Waals surface area contributed by atoms with E-state index in [1.165, 1.54) is 11.3 Å². The monoisotopic (exact) mass is 328 g/mol. The van der Waals surface area contributed by atoms with Gasteiger partial charge in [0.05, 0.1) is 16.9 Å². The first-order valence-corrected chi connectivity index (χ1v) is 8.11. The molecule has 0 bridgehead atoms. The van der Waals surface area contributed by atoms with Gasteiger partial charge < -0.3 is 9.30 Å². The lowest BCUT2D eigenvalue weighted by Crippen LogP contribution is -2.12. The van der Waals surface area contributed by atoms with Crippen LogP contribution in [-0.2, 0) is 18.2 Å². The minimum Gasteiger partial charge on any atom is -0.461 e. The van der Waals surface area contributed by atoms with E-state index in [9.17, 15) is 9.59 Å². The predicted molar refractivity (Wildman–Crippen MR) is 89.2 cm³/mol. The molecule has 118 valence electrons. The molecule has 3 aromatic rings. The smallest absolute Gasteiger partial charge is 0.355 e. The molecule has 23 heavy (non-hydrogen) atoms. The van der Waals surface area contributed by atoms with Crippen molar-refractivity contribution in [1.29, 1.82) is 0 Å². The van der Waals surface area contributed by atoms with E-state index in [-0.39, 0.29) is 12.3 Å². The molecular formula is C17H16N2O3S. The first kappa shape index (κ1) is 15.4. The molecule has 0 radical (unpaired) electrons. The van der Waals surface area contributed by atoms with Crippen LogP contribution in [0.1, 0.15) is 38.3 Å². The van der Waals surface area contributed by atoms with E-state index in [1.54, 1.807) is 18.5 Å². The average molecular weight is 328 g/mol. The summed E-state index contributed by atoms with van der Waals surface area (Å²) in [7, 11) is 1.73. The number of carbonyl (C=O) groups excluding carboxylic acids is 2. The van der Waals surface area contributed by atoms with Gasteiger partial charge in [0.15, 0.2) is 11.9 Å². The van der Waals surface area contributed by atoms with Crippen molar-refractivity contribution in [3.8, 4) is 0 Å². The number of rotatable bonds is 5. The summed E-state index contributed by atoms with van der Waals surface area (Å²) in [4.78, 5) is 28.1. The van der Waals surface area contributed by atoms with Gasteiger partial charge in [0.25, 0.3) is 0 Å². The maximum Gasteiger partial charge on any atom is 0.355 e. The Morgan fingerprint density at radius 3 is 2.74 bits per heavy atom. The Morgan fingerprint density at radius 2 is 2.09 bits per heavy atom. The Kier molecular flexibility index (Phi) is 4.25. The van der Waals surface area contributed by atoms with Crippen LogP contribution in [0, 0.1) is 0 Å². The molecule has 0 saturated carbocycles. The highest BCUT2D eigenvalue weighted by molar-refractivity contribution is 7.19. The van der Waals surface area contributed by atoms with Crippen molar-refractivity contribution >= 4 is 33.9 Å². The zero-order valence-corrected chi connectivity index (χ0v) is 13.7. The number of nitrogens with zero attached hydrogens (tertiary/aromatic N) is 2. The Bertz CT molecular complexity index is 865. The van der Waals surface area contributed by atoms with E-state index in [0.717, 1.165) is 15.3 Å². The molecule has 2 aromatic heterocycles. The fraction of sp³-hybridized carbons (Fsp3) is 0.235. The highest BCUT2D eigenvalue weighted by Gasteiger charge is 2.24. The second-order valence-electron chi connectivity index (χ2n) is 5.08. The molecule has 3 rings (SSSR count). The number of ether oxygens (including phenoxy) is 1. The number of carbonyl (C=O) groups is 2. The molecule has 0 unspecified atom stereocenters. The molecule has 6 heteroatoms. The van der Waals surface area contributed by atoms with Crippen molar-refractivity contribution < 1.29 is 14.3 Å². The third-order valence-corrected chi connectivity index (χ3v) is 4.67. The lowest BCUT2D eigenvalue weighted by molar-refractivity contribution is 0.0513. The van der Waals surface area contributed by atoms with Crippen LogP contribution in [0.2, 0.25) is 0 Å². The summed E-state index contributed by atoms with van der Waals surface area (Å²) < 4.78 is 7.41. The first-order chi connectivity index (χ1) is 11.2. The fourth-order valence-corrected chi connectivity index (χ4v) is 3.69. The summed E-state index contributed by atoms with van der Waals surface area (Å²) in [6.07, 6.45) is 1.41. The molecule has 0 aliphatic rings. The second-order valence-corrected chi connectivity index (χ2v) is 6.17. The summed E-state index contributed by atoms with van der Waals surface area (Å²) in [5.41, 5.74) is 2.43. The van der Waals surface area contributed by atoms with Crippen molar-refractivity contribution in [3.05, 3.63) is 52.2 Å². The van der Waals surface area contributed by atoms with Gasteiger partial charge in [-0.05, 0) is 12.5 Å². The lowest BCUT2D eigenvalue weighted by Gasteiger charge is -2.04. The van der Waals surface area contributed by atoms with Gasteiger partial charge in [0.1, 0.15) is 10.7 Å². The van der Waals surface area contributed by atoms with E-state index in [0.29, 0.717) is 23.9 Å². The van der Waals surface area contributed by atoms with Gasteiger partial charge in [-0.25, -0.2) is 9.78 Å². The number of thiazole rings is 1. The molecule has 0 aliphatic carbocycles. The second kappa shape index (κ2) is 6.34. The summed E-state index contributed by atoms with van der Waals surface area (Å²) in [6.45, 7) is 2.00. The number of hydrogen-bond donors (Lipinski definition) is 0. The Hall–Kier alpha value is -2.47. The third kappa shape index (κ3) is 2.77. The first-order valence-electron chi connectivity index (χ1n) is 7.30. The Morgan fingerprint density at radius 1 is 1.35 bits per heavy atom. The average Bonchev–Trinajstić information content (AvgIpc) is 3.06. The van der Waals surface area contributed by atoms with E-state index in [1.807, 2.05) is 30.3 Å². The van der Waals surface area contributed by atoms with Gasteiger partial charge in [-0.15, -0.1) is 11.3 Å². The summed E-state index contributed by atoms with van der Waals surface area (Å²) >= 11 is 1.44. The van der Waals surface area contributed by atoms with Gasteiger partial charge in [-0.1, -0.05) is 30.3 Å². The number of aldehydes is 1. The molecule has 0 spiro atoms.